The summed E-state index contributed by atoms with van der Waals surface area (Å²) < 4.78 is 9.59. The summed E-state index contributed by atoms with van der Waals surface area (Å²) in [5, 5.41) is 2.65. The summed E-state index contributed by atoms with van der Waals surface area (Å²) in [7, 11) is 1.34. The van der Waals surface area contributed by atoms with Crippen LogP contribution in [0.1, 0.15) is 12.7 Å². The van der Waals surface area contributed by atoms with Crippen LogP contribution in [0.5, 0.6) is 0 Å². The summed E-state index contributed by atoms with van der Waals surface area (Å²) in [5.41, 5.74) is 0. The molecule has 1 unspecified atom stereocenters. The molecule has 0 bridgehead atoms. The zero-order valence-corrected chi connectivity index (χ0v) is 7.74. The molecule has 1 amide bonds. The van der Waals surface area contributed by atoms with Crippen molar-refractivity contribution in [3.05, 3.63) is 24.2 Å². The number of amides is 1. The quantitative estimate of drug-likeness (QED) is 0.773. The third kappa shape index (κ3) is 3.19. The molecule has 1 atom stereocenters. The van der Waals surface area contributed by atoms with Gasteiger partial charge >= 0.3 is 6.09 Å². The lowest BCUT2D eigenvalue weighted by atomic mass is 10.2. The van der Waals surface area contributed by atoms with E-state index in [9.17, 15) is 4.79 Å². The van der Waals surface area contributed by atoms with Crippen molar-refractivity contribution >= 4 is 6.09 Å². The van der Waals surface area contributed by atoms with E-state index in [4.69, 9.17) is 4.42 Å². The first-order valence-electron chi connectivity index (χ1n) is 4.09. The monoisotopic (exact) mass is 183 g/mol. The molecule has 1 rings (SSSR count). The Hall–Kier alpha value is -1.45. The van der Waals surface area contributed by atoms with Gasteiger partial charge in [0.25, 0.3) is 0 Å². The molecule has 4 heteroatoms. The fourth-order valence-electron chi connectivity index (χ4n) is 1.04. The molecule has 0 saturated heterocycles. The van der Waals surface area contributed by atoms with Gasteiger partial charge in [0.1, 0.15) is 5.76 Å². The van der Waals surface area contributed by atoms with Crippen molar-refractivity contribution in [2.75, 3.05) is 7.11 Å². The zero-order valence-electron chi connectivity index (χ0n) is 7.74. The fraction of sp³-hybridized carbons (Fsp3) is 0.444. The average Bonchev–Trinajstić information content (AvgIpc) is 2.56. The Labute approximate surface area is 76.9 Å². The Morgan fingerprint density at radius 2 is 2.54 bits per heavy atom. The lowest BCUT2D eigenvalue weighted by Gasteiger charge is -2.10. The van der Waals surface area contributed by atoms with Gasteiger partial charge < -0.3 is 14.5 Å². The molecule has 0 aliphatic carbocycles. The van der Waals surface area contributed by atoms with Crippen LogP contribution in [-0.4, -0.2) is 19.2 Å². The predicted octanol–water partition coefficient (Wildman–Crippen LogP) is 1.57. The molecule has 0 saturated carbocycles. The molecule has 0 aromatic carbocycles. The summed E-state index contributed by atoms with van der Waals surface area (Å²) in [4.78, 5) is 10.8. The minimum absolute atomic E-state index is 0.0126. The van der Waals surface area contributed by atoms with Crippen molar-refractivity contribution < 1.29 is 13.9 Å². The number of hydrogen-bond donors (Lipinski definition) is 1. The molecule has 13 heavy (non-hydrogen) atoms. The van der Waals surface area contributed by atoms with Crippen LogP contribution in [0.15, 0.2) is 22.8 Å². The van der Waals surface area contributed by atoms with Crippen molar-refractivity contribution in [2.24, 2.45) is 0 Å². The Bertz CT molecular complexity index is 256. The Morgan fingerprint density at radius 3 is 3.08 bits per heavy atom. The van der Waals surface area contributed by atoms with Gasteiger partial charge in [0.15, 0.2) is 0 Å². The first-order valence-corrected chi connectivity index (χ1v) is 4.09. The summed E-state index contributed by atoms with van der Waals surface area (Å²) in [6.45, 7) is 1.89. The molecule has 4 nitrogen and oxygen atoms in total. The second kappa shape index (κ2) is 4.54. The molecule has 72 valence electrons. The molecular formula is C9H13NO3. The molecule has 0 aliphatic rings. The van der Waals surface area contributed by atoms with Crippen LogP contribution in [0.2, 0.25) is 0 Å². The van der Waals surface area contributed by atoms with E-state index in [2.05, 4.69) is 10.1 Å². The molecule has 1 aromatic rings. The Morgan fingerprint density at radius 1 is 1.77 bits per heavy atom. The van der Waals surface area contributed by atoms with E-state index in [1.54, 1.807) is 6.26 Å². The molecule has 1 N–H and O–H groups in total. The first-order chi connectivity index (χ1) is 6.22. The minimum Gasteiger partial charge on any atom is -0.469 e. The Balaban J connectivity index is 2.33. The number of nitrogens with one attached hydrogen (secondary N) is 1. The molecule has 0 spiro atoms. The van der Waals surface area contributed by atoms with Gasteiger partial charge in [0, 0.05) is 12.5 Å². The van der Waals surface area contributed by atoms with E-state index in [0.29, 0.717) is 6.42 Å². The molecule has 0 fully saturated rings. The van der Waals surface area contributed by atoms with Crippen LogP contribution in [-0.2, 0) is 11.2 Å². The number of hydrogen-bond acceptors (Lipinski definition) is 3. The van der Waals surface area contributed by atoms with E-state index in [0.717, 1.165) is 5.76 Å². The van der Waals surface area contributed by atoms with Crippen molar-refractivity contribution in [3.63, 3.8) is 0 Å². The molecule has 1 aromatic heterocycles. The van der Waals surface area contributed by atoms with Crippen LogP contribution < -0.4 is 5.32 Å². The lowest BCUT2D eigenvalue weighted by molar-refractivity contribution is 0.167. The van der Waals surface area contributed by atoms with E-state index in [1.807, 2.05) is 19.1 Å². The van der Waals surface area contributed by atoms with Gasteiger partial charge in [-0.1, -0.05) is 0 Å². The third-order valence-electron chi connectivity index (χ3n) is 1.64. The summed E-state index contributed by atoms with van der Waals surface area (Å²) >= 11 is 0. The topological polar surface area (TPSA) is 51.5 Å². The molecular weight excluding hydrogens is 170 g/mol. The standard InChI is InChI=1S/C9H13NO3/c1-7(10-9(11)12-2)6-8-4-3-5-13-8/h3-5,7H,6H2,1-2H3,(H,10,11). The predicted molar refractivity (Wildman–Crippen MR) is 47.4 cm³/mol. The third-order valence-corrected chi connectivity index (χ3v) is 1.64. The fourth-order valence-corrected chi connectivity index (χ4v) is 1.04. The maximum absolute atomic E-state index is 10.8. The van der Waals surface area contributed by atoms with Crippen LogP contribution in [0.4, 0.5) is 4.79 Å². The SMILES string of the molecule is COC(=O)NC(C)Cc1ccco1. The highest BCUT2D eigenvalue weighted by atomic mass is 16.5. The van der Waals surface area contributed by atoms with Gasteiger partial charge in [-0.25, -0.2) is 4.79 Å². The smallest absolute Gasteiger partial charge is 0.407 e. The minimum atomic E-state index is -0.418. The number of alkyl carbamates (subject to hydrolysis) is 1. The number of carbonyl (C=O) groups is 1. The van der Waals surface area contributed by atoms with Crippen molar-refractivity contribution in [1.29, 1.82) is 0 Å². The second-order valence-electron chi connectivity index (χ2n) is 2.82. The van der Waals surface area contributed by atoms with E-state index in [-0.39, 0.29) is 6.04 Å². The van der Waals surface area contributed by atoms with E-state index >= 15 is 0 Å². The summed E-state index contributed by atoms with van der Waals surface area (Å²) in [5.74, 6) is 0.851. The second-order valence-corrected chi connectivity index (χ2v) is 2.82. The maximum Gasteiger partial charge on any atom is 0.407 e. The lowest BCUT2D eigenvalue weighted by Crippen LogP contribution is -2.33. The van der Waals surface area contributed by atoms with Gasteiger partial charge in [-0.15, -0.1) is 0 Å². The van der Waals surface area contributed by atoms with E-state index < -0.39 is 6.09 Å². The average molecular weight is 183 g/mol. The van der Waals surface area contributed by atoms with Crippen LogP contribution >= 0.6 is 0 Å². The van der Waals surface area contributed by atoms with Crippen molar-refractivity contribution in [3.8, 4) is 0 Å². The van der Waals surface area contributed by atoms with Crippen LogP contribution in [0, 0.1) is 0 Å². The molecule has 0 radical (unpaired) electrons. The van der Waals surface area contributed by atoms with Crippen LogP contribution in [0.25, 0.3) is 0 Å². The van der Waals surface area contributed by atoms with Gasteiger partial charge in [0.05, 0.1) is 13.4 Å². The van der Waals surface area contributed by atoms with Gasteiger partial charge in [-0.3, -0.25) is 0 Å². The van der Waals surface area contributed by atoms with E-state index in [1.165, 1.54) is 7.11 Å². The molecule has 1 heterocycles. The number of carbonyl (C=O) groups excluding carboxylic acids is 1. The Kier molecular flexibility index (Phi) is 3.37. The number of rotatable bonds is 3. The normalized spacial score (nSPS) is 12.2. The van der Waals surface area contributed by atoms with Gasteiger partial charge in [-0.2, -0.15) is 0 Å². The maximum atomic E-state index is 10.8. The van der Waals surface area contributed by atoms with Crippen molar-refractivity contribution in [1.82, 2.24) is 5.32 Å². The van der Waals surface area contributed by atoms with Gasteiger partial charge in [0.2, 0.25) is 0 Å². The molecule has 0 aliphatic heterocycles. The largest absolute Gasteiger partial charge is 0.469 e. The highest BCUT2D eigenvalue weighted by Gasteiger charge is 2.08. The number of ether oxygens (including phenoxy) is 1. The summed E-state index contributed by atoms with van der Waals surface area (Å²) in [6.07, 6.45) is 1.86. The van der Waals surface area contributed by atoms with Gasteiger partial charge in [-0.05, 0) is 19.1 Å². The van der Waals surface area contributed by atoms with Crippen molar-refractivity contribution in [2.45, 2.75) is 19.4 Å². The highest BCUT2D eigenvalue weighted by Crippen LogP contribution is 2.03. The summed E-state index contributed by atoms with van der Waals surface area (Å²) in [6, 6.07) is 3.70. The first kappa shape index (κ1) is 9.64. The number of methoxy groups -OCH3 is 1. The highest BCUT2D eigenvalue weighted by molar-refractivity contribution is 5.67. The zero-order chi connectivity index (χ0) is 9.68. The number of furan rings is 1. The van der Waals surface area contributed by atoms with Crippen LogP contribution in [0.3, 0.4) is 0 Å².